The van der Waals surface area contributed by atoms with Crippen molar-refractivity contribution in [1.29, 1.82) is 0 Å². The van der Waals surface area contributed by atoms with Crippen LogP contribution in [-0.2, 0) is 29.3 Å². The van der Waals surface area contributed by atoms with Crippen molar-refractivity contribution in [2.45, 2.75) is 43.2 Å². The molecule has 2 aliphatic rings. The van der Waals surface area contributed by atoms with Gasteiger partial charge in [0.2, 0.25) is 0 Å². The van der Waals surface area contributed by atoms with Gasteiger partial charge in [-0.3, -0.25) is 4.68 Å². The summed E-state index contributed by atoms with van der Waals surface area (Å²) in [6, 6.07) is 4.09. The van der Waals surface area contributed by atoms with Gasteiger partial charge < -0.3 is 15.9 Å². The maximum absolute atomic E-state index is 6.52. The van der Waals surface area contributed by atoms with Crippen LogP contribution in [0.3, 0.4) is 0 Å². The molecule has 3 N–H and O–H groups in total. The molecule has 1 spiro atoms. The molecular formula is C19H25N7O. The van der Waals surface area contributed by atoms with Gasteiger partial charge in [-0.05, 0) is 56.8 Å². The van der Waals surface area contributed by atoms with Gasteiger partial charge in [-0.25, -0.2) is 14.6 Å². The average molecular weight is 367 g/mol. The number of hydrogen-bond acceptors (Lipinski definition) is 6. The summed E-state index contributed by atoms with van der Waals surface area (Å²) in [5, 5.41) is 8.94. The quantitative estimate of drug-likeness (QED) is 0.664. The van der Waals surface area contributed by atoms with E-state index >= 15 is 0 Å². The molecule has 0 saturated heterocycles. The van der Waals surface area contributed by atoms with Gasteiger partial charge in [0.25, 0.3) is 0 Å². The Bertz CT molecular complexity index is 997. The molecule has 0 aromatic carbocycles. The topological polar surface area (TPSA) is 95.8 Å². The molecule has 1 saturated carbocycles. The summed E-state index contributed by atoms with van der Waals surface area (Å²) in [7, 11) is 3.95. The van der Waals surface area contributed by atoms with E-state index < -0.39 is 0 Å². The number of nitrogens with one attached hydrogen (secondary N) is 1. The fourth-order valence-electron chi connectivity index (χ4n) is 5.14. The molecule has 3 aromatic rings. The zero-order chi connectivity index (χ0) is 18.6. The Balaban J connectivity index is 1.57. The number of hydrogen-bond donors (Lipinski definition) is 2. The third kappa shape index (κ3) is 2.20. The molecule has 142 valence electrons. The summed E-state index contributed by atoms with van der Waals surface area (Å²) in [5.41, 5.74) is 2.68. The molecule has 0 atom stereocenters. The Morgan fingerprint density at radius 2 is 2.04 bits per heavy atom. The number of nitrogens with zero attached hydrogens (tertiary/aromatic N) is 5. The van der Waals surface area contributed by atoms with Crippen LogP contribution >= 0.6 is 0 Å². The summed E-state index contributed by atoms with van der Waals surface area (Å²) in [6.07, 6.45) is 7.87. The maximum atomic E-state index is 6.52. The molecule has 8 heteroatoms. The SMILES string of the molecule is CNC1(c2ncnn2C)CCC2(CC1)OCCc1c2n(N)c2ncccc12. The third-order valence-electron chi connectivity index (χ3n) is 6.56. The number of fused-ring (bicyclic) bond motifs is 4. The van der Waals surface area contributed by atoms with Gasteiger partial charge in [-0.2, -0.15) is 5.10 Å². The van der Waals surface area contributed by atoms with E-state index in [4.69, 9.17) is 10.6 Å². The first-order valence-corrected chi connectivity index (χ1v) is 9.51. The monoisotopic (exact) mass is 367 g/mol. The first-order valence-electron chi connectivity index (χ1n) is 9.51. The first kappa shape index (κ1) is 16.7. The van der Waals surface area contributed by atoms with Crippen molar-refractivity contribution in [2.75, 3.05) is 19.5 Å². The highest BCUT2D eigenvalue weighted by Gasteiger charge is 2.50. The molecule has 0 amide bonds. The van der Waals surface area contributed by atoms with E-state index in [1.54, 1.807) is 17.2 Å². The minimum absolute atomic E-state index is 0.193. The highest BCUT2D eigenvalue weighted by atomic mass is 16.5. The molecule has 4 heterocycles. The lowest BCUT2D eigenvalue weighted by atomic mass is 9.70. The van der Waals surface area contributed by atoms with Gasteiger partial charge >= 0.3 is 0 Å². The van der Waals surface area contributed by atoms with Crippen molar-refractivity contribution < 1.29 is 4.74 Å². The van der Waals surface area contributed by atoms with Crippen LogP contribution in [0.5, 0.6) is 0 Å². The Hall–Kier alpha value is -2.45. The fourth-order valence-corrected chi connectivity index (χ4v) is 5.14. The second kappa shape index (κ2) is 5.77. The molecule has 0 radical (unpaired) electrons. The van der Waals surface area contributed by atoms with E-state index in [0.29, 0.717) is 0 Å². The van der Waals surface area contributed by atoms with Crippen LogP contribution in [0.4, 0.5) is 0 Å². The molecule has 1 aliphatic heterocycles. The predicted molar refractivity (Wildman–Crippen MR) is 101 cm³/mol. The lowest BCUT2D eigenvalue weighted by Gasteiger charge is -2.47. The zero-order valence-electron chi connectivity index (χ0n) is 15.8. The van der Waals surface area contributed by atoms with E-state index in [1.807, 2.05) is 24.8 Å². The van der Waals surface area contributed by atoms with Crippen LogP contribution in [0.2, 0.25) is 0 Å². The molecule has 3 aromatic heterocycles. The minimum Gasteiger partial charge on any atom is -0.368 e. The van der Waals surface area contributed by atoms with Gasteiger partial charge in [0.15, 0.2) is 5.65 Å². The summed E-state index contributed by atoms with van der Waals surface area (Å²) >= 11 is 0. The second-order valence-corrected chi connectivity index (χ2v) is 7.70. The summed E-state index contributed by atoms with van der Waals surface area (Å²) in [6.45, 7) is 0.720. The van der Waals surface area contributed by atoms with Gasteiger partial charge in [0.05, 0.1) is 17.8 Å². The van der Waals surface area contributed by atoms with E-state index in [-0.39, 0.29) is 11.1 Å². The Morgan fingerprint density at radius 1 is 1.22 bits per heavy atom. The van der Waals surface area contributed by atoms with Crippen LogP contribution in [0.15, 0.2) is 24.7 Å². The normalized spacial score (nSPS) is 27.9. The second-order valence-electron chi connectivity index (χ2n) is 7.70. The lowest BCUT2D eigenvalue weighted by molar-refractivity contribution is -0.104. The van der Waals surface area contributed by atoms with Crippen molar-refractivity contribution in [2.24, 2.45) is 7.05 Å². The summed E-state index contributed by atoms with van der Waals surface area (Å²) in [5.74, 6) is 7.49. The predicted octanol–water partition coefficient (Wildman–Crippen LogP) is 1.34. The molecule has 1 fully saturated rings. The van der Waals surface area contributed by atoms with Crippen LogP contribution < -0.4 is 11.2 Å². The van der Waals surface area contributed by atoms with Crippen molar-refractivity contribution in [1.82, 2.24) is 29.7 Å². The van der Waals surface area contributed by atoms with Crippen LogP contribution in [0, 0.1) is 0 Å². The van der Waals surface area contributed by atoms with Gasteiger partial charge in [-0.15, -0.1) is 0 Å². The Morgan fingerprint density at radius 3 is 2.74 bits per heavy atom. The standard InChI is InChI=1S/C19H25N7O/c1-21-18(17-23-12-24-25(17)2)6-8-19(9-7-18)15-13(5-11-27-19)14-4-3-10-22-16(14)26(15)20/h3-4,10,12,21H,5-9,11,20H2,1-2H3. The summed E-state index contributed by atoms with van der Waals surface area (Å²) in [4.78, 5) is 9.03. The van der Waals surface area contributed by atoms with E-state index in [1.165, 1.54) is 5.56 Å². The molecular weight excluding hydrogens is 342 g/mol. The van der Waals surface area contributed by atoms with Crippen molar-refractivity contribution in [3.05, 3.63) is 41.7 Å². The summed E-state index contributed by atoms with van der Waals surface area (Å²) < 4.78 is 10.1. The zero-order valence-corrected chi connectivity index (χ0v) is 15.8. The van der Waals surface area contributed by atoms with Crippen molar-refractivity contribution in [3.8, 4) is 0 Å². The largest absolute Gasteiger partial charge is 0.368 e. The number of nitrogen functional groups attached to an aromatic ring is 1. The highest BCUT2D eigenvalue weighted by Crippen LogP contribution is 2.50. The van der Waals surface area contributed by atoms with E-state index in [0.717, 1.165) is 61.3 Å². The number of nitrogens with two attached hydrogens (primary N) is 1. The van der Waals surface area contributed by atoms with E-state index in [9.17, 15) is 0 Å². The number of aryl methyl sites for hydroxylation is 1. The molecule has 1 aliphatic carbocycles. The molecule has 27 heavy (non-hydrogen) atoms. The van der Waals surface area contributed by atoms with Gasteiger partial charge in [-0.1, -0.05) is 0 Å². The van der Waals surface area contributed by atoms with Crippen LogP contribution in [-0.4, -0.2) is 38.1 Å². The third-order valence-corrected chi connectivity index (χ3v) is 6.56. The van der Waals surface area contributed by atoms with Crippen molar-refractivity contribution >= 4 is 11.0 Å². The molecule has 5 rings (SSSR count). The maximum Gasteiger partial charge on any atom is 0.158 e. The number of ether oxygens (including phenoxy) is 1. The Labute approximate surface area is 157 Å². The average Bonchev–Trinajstić information content (AvgIpc) is 3.26. The fraction of sp³-hybridized carbons (Fsp3) is 0.526. The van der Waals surface area contributed by atoms with E-state index in [2.05, 4.69) is 26.4 Å². The van der Waals surface area contributed by atoms with Gasteiger partial charge in [0.1, 0.15) is 17.8 Å². The molecule has 0 bridgehead atoms. The Kier molecular flexibility index (Phi) is 3.57. The van der Waals surface area contributed by atoms with Crippen LogP contribution in [0.25, 0.3) is 11.0 Å². The minimum atomic E-state index is -0.359. The molecule has 0 unspecified atom stereocenters. The smallest absolute Gasteiger partial charge is 0.158 e. The van der Waals surface area contributed by atoms with Gasteiger partial charge in [0, 0.05) is 18.6 Å². The highest BCUT2D eigenvalue weighted by molar-refractivity contribution is 5.83. The first-order chi connectivity index (χ1) is 13.1. The van der Waals surface area contributed by atoms with Crippen LogP contribution in [0.1, 0.15) is 42.8 Å². The molecule has 8 nitrogen and oxygen atoms in total. The number of pyridine rings is 1. The lowest BCUT2D eigenvalue weighted by Crippen LogP contribution is -2.51. The number of aromatic nitrogens is 5. The van der Waals surface area contributed by atoms with Crippen molar-refractivity contribution in [3.63, 3.8) is 0 Å². The number of rotatable bonds is 2.